The topological polar surface area (TPSA) is 20.3 Å². The number of piperidine rings is 1. The van der Waals surface area contributed by atoms with Crippen LogP contribution in [0.15, 0.2) is 0 Å². The first-order valence-electron chi connectivity index (χ1n) is 34.5. The van der Waals surface area contributed by atoms with Crippen molar-refractivity contribution in [2.24, 2.45) is 88.3 Å². The Kier molecular flexibility index (Phi) is 41.2. The molecule has 0 aromatic rings. The van der Waals surface area contributed by atoms with Gasteiger partial charge in [-0.15, -0.1) is 0 Å². The number of nitrogens with zero attached hydrogens (tertiary/aromatic N) is 1. The summed E-state index contributed by atoms with van der Waals surface area (Å²) in [4.78, 5) is 14.1. The molecule has 11 fully saturated rings. The van der Waals surface area contributed by atoms with Gasteiger partial charge in [0, 0.05) is 12.8 Å². The van der Waals surface area contributed by atoms with E-state index in [2.05, 4.69) is 67.3 Å². The maximum atomic E-state index is 11.7. The predicted octanol–water partition coefficient (Wildman–Crippen LogP) is 23.5. The third-order valence-corrected chi connectivity index (χ3v) is 21.1. The molecule has 10 unspecified atom stereocenters. The number of fused-ring (bicyclic) bond motifs is 7. The van der Waals surface area contributed by atoms with E-state index in [0.717, 1.165) is 95.7 Å². The number of rotatable bonds is 0. The van der Waals surface area contributed by atoms with Gasteiger partial charge in [0.2, 0.25) is 0 Å². The molecule has 0 radical (unpaired) electrons. The molecule has 0 amide bonds. The Hall–Kier alpha value is -0.370. The zero-order valence-electron chi connectivity index (χ0n) is 53.8. The lowest BCUT2D eigenvalue weighted by molar-refractivity contribution is -0.126. The number of ketones is 1. The Labute approximate surface area is 463 Å². The van der Waals surface area contributed by atoms with Crippen LogP contribution in [0.1, 0.15) is 342 Å². The monoisotopic (exact) mass is 1020 g/mol. The lowest BCUT2D eigenvalue weighted by atomic mass is 9.53. The molecule has 2 bridgehead atoms. The molecule has 11 aliphatic rings. The van der Waals surface area contributed by atoms with Crippen LogP contribution < -0.4 is 0 Å². The average molecular weight is 1020 g/mol. The van der Waals surface area contributed by atoms with Crippen molar-refractivity contribution in [2.45, 2.75) is 342 Å². The minimum Gasteiger partial charge on any atom is -0.306 e. The molecular formula is C71H141NO. The van der Waals surface area contributed by atoms with Crippen molar-refractivity contribution in [3.63, 3.8) is 0 Å². The third kappa shape index (κ3) is 26.9. The Morgan fingerprint density at radius 1 is 0.370 bits per heavy atom. The minimum absolute atomic E-state index is 0.558. The van der Waals surface area contributed by atoms with E-state index in [1.165, 1.54) is 231 Å². The summed E-state index contributed by atoms with van der Waals surface area (Å²) in [5, 5.41) is 0. The van der Waals surface area contributed by atoms with Gasteiger partial charge in [-0.1, -0.05) is 258 Å². The minimum atomic E-state index is 0.558. The normalized spacial score (nSPS) is 33.5. The highest BCUT2D eigenvalue weighted by atomic mass is 16.1. The summed E-state index contributed by atoms with van der Waals surface area (Å²) in [6.07, 6.45) is 52.0. The van der Waals surface area contributed by atoms with Crippen LogP contribution in [-0.2, 0) is 4.79 Å². The van der Waals surface area contributed by atoms with Gasteiger partial charge in [0.1, 0.15) is 5.78 Å². The molecule has 1 aliphatic heterocycles. The molecule has 10 aliphatic carbocycles. The van der Waals surface area contributed by atoms with Crippen LogP contribution >= 0.6 is 0 Å². The van der Waals surface area contributed by atoms with Gasteiger partial charge >= 0.3 is 0 Å². The third-order valence-electron chi connectivity index (χ3n) is 21.1. The van der Waals surface area contributed by atoms with Crippen molar-refractivity contribution in [1.29, 1.82) is 0 Å². The van der Waals surface area contributed by atoms with E-state index in [9.17, 15) is 4.79 Å². The van der Waals surface area contributed by atoms with Gasteiger partial charge in [-0.2, -0.15) is 0 Å². The van der Waals surface area contributed by atoms with Gasteiger partial charge < -0.3 is 4.90 Å². The zero-order chi connectivity index (χ0) is 54.6. The fourth-order valence-corrected chi connectivity index (χ4v) is 16.4. The highest BCUT2D eigenvalue weighted by Crippen LogP contribution is 2.60. The highest BCUT2D eigenvalue weighted by molar-refractivity contribution is 5.79. The maximum Gasteiger partial charge on any atom is 0.133 e. The number of carbonyl (C=O) groups is 1. The Morgan fingerprint density at radius 3 is 1.07 bits per heavy atom. The summed E-state index contributed by atoms with van der Waals surface area (Å²) in [6, 6.07) is 0. The molecule has 10 atom stereocenters. The van der Waals surface area contributed by atoms with Crippen LogP contribution in [0, 0.1) is 88.3 Å². The molecule has 1 heterocycles. The van der Waals surface area contributed by atoms with Crippen LogP contribution in [0.25, 0.3) is 0 Å². The summed E-state index contributed by atoms with van der Waals surface area (Å²) in [6.45, 7) is 37.9. The molecule has 2 nitrogen and oxygen atoms in total. The SMILES string of the molecule is C1CCCCCCC1.CC.CC.CC.CC.CC1CC2CCC1C2(C)C.CC1CCC2C1CCC1C3CCC(=O)CC3CCC21.CC1CCCC1.CC1CCCCC1.CC1CCCCC1.CC1CCN(C)CC1. The van der Waals surface area contributed by atoms with Crippen molar-refractivity contribution in [3.8, 4) is 0 Å². The summed E-state index contributed by atoms with van der Waals surface area (Å²) in [7, 11) is 2.20. The second kappa shape index (κ2) is 42.6. The van der Waals surface area contributed by atoms with E-state index < -0.39 is 0 Å². The molecule has 1 saturated heterocycles. The number of likely N-dealkylation sites (tertiary alicyclic amines) is 1. The highest BCUT2D eigenvalue weighted by Gasteiger charge is 2.52. The number of hydrogen-bond donors (Lipinski definition) is 0. The molecule has 10 saturated carbocycles. The number of Topliss-reactive ketones (excluding diaryl/α,β-unsaturated/α-hetero) is 1. The van der Waals surface area contributed by atoms with E-state index >= 15 is 0 Å². The van der Waals surface area contributed by atoms with Gasteiger partial charge in [-0.3, -0.25) is 4.79 Å². The number of carbonyl (C=O) groups excluding carboxylic acids is 1. The first-order valence-corrected chi connectivity index (χ1v) is 34.5. The fourth-order valence-electron chi connectivity index (χ4n) is 16.4. The van der Waals surface area contributed by atoms with Crippen molar-refractivity contribution in [1.82, 2.24) is 4.90 Å². The Balaban J connectivity index is 0.000000433. The standard InChI is InChI=1S/C18H28O.C10H18.C8H16.C7H15N.2C7H14.C6H12.4C2H6/c1-11-2-5-16-14(11)8-9-17-15-7-4-13(19)10-12(15)3-6-18(16)17;1-7-6-8-4-5-9(7)10(8,2)3;1-2-4-6-8-7-5-3-1;1-7-3-5-8(2)6-4-7;2*1-7-5-3-2-4-6-7;1-6-4-2-3-5-6;4*1-2/h11-12,14-18H,2-10H2,1H3;7-9H,4-6H2,1-3H3;1-8H2;7H,3-6H2,1-2H3;2*7H,2-6H2,1H3;6H,2-5H2,1H3;4*1-2H3. The van der Waals surface area contributed by atoms with Crippen LogP contribution in [0.3, 0.4) is 0 Å². The van der Waals surface area contributed by atoms with Gasteiger partial charge in [0.15, 0.2) is 0 Å². The van der Waals surface area contributed by atoms with E-state index in [4.69, 9.17) is 0 Å². The molecule has 0 spiro atoms. The average Bonchev–Trinajstić information content (AvgIpc) is 4.17. The lowest BCUT2D eigenvalue weighted by Gasteiger charge is -2.52. The van der Waals surface area contributed by atoms with E-state index in [1.54, 1.807) is 0 Å². The molecule has 2 heteroatoms. The zero-order valence-corrected chi connectivity index (χ0v) is 53.8. The van der Waals surface area contributed by atoms with E-state index in [1.807, 2.05) is 55.4 Å². The predicted molar refractivity (Wildman–Crippen MR) is 331 cm³/mol. The molecule has 73 heavy (non-hydrogen) atoms. The second-order valence-electron chi connectivity index (χ2n) is 26.7. The first kappa shape index (κ1) is 70.6. The smallest absolute Gasteiger partial charge is 0.133 e. The van der Waals surface area contributed by atoms with Crippen LogP contribution in [0.5, 0.6) is 0 Å². The van der Waals surface area contributed by atoms with E-state index in [-0.39, 0.29) is 0 Å². The maximum absolute atomic E-state index is 11.7. The first-order chi connectivity index (χ1) is 35.3. The van der Waals surface area contributed by atoms with Gasteiger partial charge in [0.05, 0.1) is 0 Å². The summed E-state index contributed by atoms with van der Waals surface area (Å²) in [5.41, 5.74) is 0.694. The van der Waals surface area contributed by atoms with Gasteiger partial charge in [0.25, 0.3) is 0 Å². The Bertz CT molecular complexity index is 1180. The van der Waals surface area contributed by atoms with Crippen molar-refractivity contribution < 1.29 is 4.79 Å². The van der Waals surface area contributed by atoms with Crippen LogP contribution in [0.2, 0.25) is 0 Å². The van der Waals surface area contributed by atoms with Gasteiger partial charge in [-0.25, -0.2) is 0 Å². The molecule has 11 rings (SSSR count). The fraction of sp³-hybridized carbons (Fsp3) is 0.986. The molecule has 0 N–H and O–H groups in total. The summed E-state index contributed by atoms with van der Waals surface area (Å²) < 4.78 is 0. The molecule has 0 aromatic carbocycles. The largest absolute Gasteiger partial charge is 0.306 e. The number of hydrogen-bond acceptors (Lipinski definition) is 2. The van der Waals surface area contributed by atoms with E-state index in [0.29, 0.717) is 11.2 Å². The second-order valence-corrected chi connectivity index (χ2v) is 26.7. The quantitative estimate of drug-likeness (QED) is 0.241. The molecule has 436 valence electrons. The summed E-state index contributed by atoms with van der Waals surface area (Å²) >= 11 is 0. The lowest BCUT2D eigenvalue weighted by Crippen LogP contribution is -2.45. The van der Waals surface area contributed by atoms with Crippen LogP contribution in [0.4, 0.5) is 0 Å². The molecule has 0 aromatic heterocycles. The Morgan fingerprint density at radius 2 is 0.726 bits per heavy atom. The van der Waals surface area contributed by atoms with Gasteiger partial charge in [-0.05, 0) is 179 Å². The molecular weight excluding hydrogens is 883 g/mol. The van der Waals surface area contributed by atoms with Crippen molar-refractivity contribution in [3.05, 3.63) is 0 Å². The summed E-state index contributed by atoms with van der Waals surface area (Å²) in [5.74, 6) is 14.6. The van der Waals surface area contributed by atoms with Crippen molar-refractivity contribution in [2.75, 3.05) is 20.1 Å². The van der Waals surface area contributed by atoms with Crippen LogP contribution in [-0.4, -0.2) is 30.8 Å². The van der Waals surface area contributed by atoms with Crippen molar-refractivity contribution >= 4 is 5.78 Å².